The molecule has 3 aromatic rings. The standard InChI is InChI=1S/C20H19N3O/c1-15(16-8-4-3-5-9-16)23(2)20(24)13-12-17-14-21-18-10-6-7-11-19(18)22-17/h3-15H,1-2H3. The molecule has 0 radical (unpaired) electrons. The molecule has 0 aliphatic rings. The summed E-state index contributed by atoms with van der Waals surface area (Å²) >= 11 is 0. The van der Waals surface area contributed by atoms with E-state index < -0.39 is 0 Å². The van der Waals surface area contributed by atoms with Crippen LogP contribution >= 0.6 is 0 Å². The van der Waals surface area contributed by atoms with E-state index in [1.807, 2.05) is 61.5 Å². The molecule has 0 saturated carbocycles. The van der Waals surface area contributed by atoms with Crippen molar-refractivity contribution in [2.45, 2.75) is 13.0 Å². The molecule has 0 saturated heterocycles. The van der Waals surface area contributed by atoms with E-state index >= 15 is 0 Å². The number of rotatable bonds is 4. The Balaban J connectivity index is 1.74. The smallest absolute Gasteiger partial charge is 0.246 e. The Hall–Kier alpha value is -3.01. The lowest BCUT2D eigenvalue weighted by Crippen LogP contribution is -2.27. The lowest BCUT2D eigenvalue weighted by molar-refractivity contribution is -0.126. The van der Waals surface area contributed by atoms with Crippen molar-refractivity contribution in [1.82, 2.24) is 14.9 Å². The lowest BCUT2D eigenvalue weighted by Gasteiger charge is -2.24. The monoisotopic (exact) mass is 317 g/mol. The fraction of sp³-hybridized carbons (Fsp3) is 0.150. The molecule has 2 aromatic carbocycles. The van der Waals surface area contributed by atoms with Crippen LogP contribution in [0.2, 0.25) is 0 Å². The second-order valence-electron chi connectivity index (χ2n) is 5.65. The molecule has 0 aliphatic heterocycles. The molecule has 4 nitrogen and oxygen atoms in total. The van der Waals surface area contributed by atoms with Gasteiger partial charge in [0, 0.05) is 13.1 Å². The predicted molar refractivity (Wildman–Crippen MR) is 96.2 cm³/mol. The van der Waals surface area contributed by atoms with Crippen molar-refractivity contribution in [2.24, 2.45) is 0 Å². The molecule has 24 heavy (non-hydrogen) atoms. The van der Waals surface area contributed by atoms with Crippen molar-refractivity contribution in [1.29, 1.82) is 0 Å². The summed E-state index contributed by atoms with van der Waals surface area (Å²) in [4.78, 5) is 22.9. The van der Waals surface area contributed by atoms with Crippen LogP contribution in [0.15, 0.2) is 66.9 Å². The number of carbonyl (C=O) groups is 1. The summed E-state index contributed by atoms with van der Waals surface area (Å²) in [6.07, 6.45) is 4.92. The van der Waals surface area contributed by atoms with Crippen LogP contribution in [0.1, 0.15) is 24.2 Å². The van der Waals surface area contributed by atoms with Gasteiger partial charge in [-0.15, -0.1) is 0 Å². The third-order valence-electron chi connectivity index (χ3n) is 4.07. The number of hydrogen-bond donors (Lipinski definition) is 0. The number of aromatic nitrogens is 2. The second kappa shape index (κ2) is 7.04. The summed E-state index contributed by atoms with van der Waals surface area (Å²) in [6, 6.07) is 17.6. The summed E-state index contributed by atoms with van der Waals surface area (Å²) in [7, 11) is 1.80. The molecule has 0 fully saturated rings. The summed E-state index contributed by atoms with van der Waals surface area (Å²) in [5, 5.41) is 0. The van der Waals surface area contributed by atoms with Gasteiger partial charge in [0.05, 0.1) is 29.0 Å². The largest absolute Gasteiger partial charge is 0.335 e. The van der Waals surface area contributed by atoms with Gasteiger partial charge in [-0.3, -0.25) is 9.78 Å². The van der Waals surface area contributed by atoms with Crippen LogP contribution in [0, 0.1) is 0 Å². The third-order valence-corrected chi connectivity index (χ3v) is 4.07. The van der Waals surface area contributed by atoms with Crippen molar-refractivity contribution >= 4 is 23.0 Å². The number of para-hydroxylation sites is 2. The summed E-state index contributed by atoms with van der Waals surface area (Å²) in [5.41, 5.74) is 3.43. The van der Waals surface area contributed by atoms with Crippen molar-refractivity contribution in [3.05, 3.63) is 78.1 Å². The highest BCUT2D eigenvalue weighted by Gasteiger charge is 2.14. The van der Waals surface area contributed by atoms with Crippen LogP contribution in [0.3, 0.4) is 0 Å². The first-order valence-corrected chi connectivity index (χ1v) is 7.87. The Bertz CT molecular complexity index is 874. The van der Waals surface area contributed by atoms with Crippen LogP contribution in [-0.4, -0.2) is 27.8 Å². The van der Waals surface area contributed by atoms with Gasteiger partial charge in [-0.1, -0.05) is 42.5 Å². The molecule has 120 valence electrons. The minimum Gasteiger partial charge on any atom is -0.335 e. The second-order valence-corrected chi connectivity index (χ2v) is 5.65. The summed E-state index contributed by atoms with van der Waals surface area (Å²) < 4.78 is 0. The molecule has 0 aliphatic carbocycles. The van der Waals surface area contributed by atoms with Crippen LogP contribution in [0.25, 0.3) is 17.1 Å². The molecular formula is C20H19N3O. The van der Waals surface area contributed by atoms with Crippen LogP contribution in [0.4, 0.5) is 0 Å². The third kappa shape index (κ3) is 3.49. The first-order valence-electron chi connectivity index (χ1n) is 7.87. The van der Waals surface area contributed by atoms with Crippen molar-refractivity contribution in [2.75, 3.05) is 7.05 Å². The molecule has 3 rings (SSSR count). The average molecular weight is 317 g/mol. The quantitative estimate of drug-likeness (QED) is 0.686. The number of hydrogen-bond acceptors (Lipinski definition) is 3. The zero-order valence-electron chi connectivity index (χ0n) is 13.8. The summed E-state index contributed by atoms with van der Waals surface area (Å²) in [5.74, 6) is -0.0682. The van der Waals surface area contributed by atoms with Gasteiger partial charge in [0.25, 0.3) is 0 Å². The normalized spacial score (nSPS) is 12.4. The molecule has 4 heteroatoms. The van der Waals surface area contributed by atoms with Gasteiger partial charge in [-0.25, -0.2) is 4.98 Å². The number of amides is 1. The van der Waals surface area contributed by atoms with E-state index in [4.69, 9.17) is 0 Å². The van der Waals surface area contributed by atoms with Gasteiger partial charge < -0.3 is 4.90 Å². The average Bonchev–Trinajstić information content (AvgIpc) is 2.65. The molecule has 0 N–H and O–H groups in total. The topological polar surface area (TPSA) is 46.1 Å². The van der Waals surface area contributed by atoms with Crippen molar-refractivity contribution in [3.8, 4) is 0 Å². The van der Waals surface area contributed by atoms with Gasteiger partial charge in [-0.2, -0.15) is 0 Å². The predicted octanol–water partition coefficient (Wildman–Crippen LogP) is 3.86. The molecule has 1 amide bonds. The van der Waals surface area contributed by atoms with E-state index in [1.54, 1.807) is 24.2 Å². The summed E-state index contributed by atoms with van der Waals surface area (Å²) in [6.45, 7) is 2.01. The van der Waals surface area contributed by atoms with Crippen LogP contribution in [-0.2, 0) is 4.79 Å². The zero-order valence-corrected chi connectivity index (χ0v) is 13.8. The van der Waals surface area contributed by atoms with Gasteiger partial charge in [0.15, 0.2) is 0 Å². The first kappa shape index (κ1) is 15.9. The van der Waals surface area contributed by atoms with E-state index in [0.29, 0.717) is 5.69 Å². The molecule has 1 aromatic heterocycles. The van der Waals surface area contributed by atoms with E-state index in [9.17, 15) is 4.79 Å². The van der Waals surface area contributed by atoms with Crippen molar-refractivity contribution in [3.63, 3.8) is 0 Å². The first-order chi connectivity index (χ1) is 11.6. The van der Waals surface area contributed by atoms with Gasteiger partial charge in [0.1, 0.15) is 0 Å². The Morgan fingerprint density at radius 1 is 1.04 bits per heavy atom. The Labute approximate surface area is 141 Å². The Morgan fingerprint density at radius 2 is 1.71 bits per heavy atom. The van der Waals surface area contributed by atoms with E-state index in [2.05, 4.69) is 9.97 Å². The molecule has 1 heterocycles. The maximum Gasteiger partial charge on any atom is 0.246 e. The number of benzene rings is 2. The highest BCUT2D eigenvalue weighted by atomic mass is 16.2. The molecule has 1 atom stereocenters. The minimum atomic E-state index is -0.0682. The molecule has 0 spiro atoms. The van der Waals surface area contributed by atoms with E-state index in [-0.39, 0.29) is 11.9 Å². The number of fused-ring (bicyclic) bond motifs is 1. The molecule has 0 bridgehead atoms. The highest BCUT2D eigenvalue weighted by molar-refractivity contribution is 5.91. The van der Waals surface area contributed by atoms with Crippen LogP contribution in [0.5, 0.6) is 0 Å². The highest BCUT2D eigenvalue weighted by Crippen LogP contribution is 2.18. The maximum atomic E-state index is 12.4. The molecule has 1 unspecified atom stereocenters. The van der Waals surface area contributed by atoms with Crippen molar-refractivity contribution < 1.29 is 4.79 Å². The number of likely N-dealkylation sites (N-methyl/N-ethyl adjacent to an activating group) is 1. The number of carbonyl (C=O) groups excluding carboxylic acids is 1. The zero-order chi connectivity index (χ0) is 16.9. The Morgan fingerprint density at radius 3 is 2.46 bits per heavy atom. The SMILES string of the molecule is CC(c1ccccc1)N(C)C(=O)C=Cc1cnc2ccccc2n1. The van der Waals surface area contributed by atoms with Gasteiger partial charge >= 0.3 is 0 Å². The fourth-order valence-electron chi connectivity index (χ4n) is 2.47. The minimum absolute atomic E-state index is 0.00559. The Kier molecular flexibility index (Phi) is 4.66. The van der Waals surface area contributed by atoms with E-state index in [0.717, 1.165) is 16.6 Å². The van der Waals surface area contributed by atoms with Gasteiger partial charge in [0.2, 0.25) is 5.91 Å². The molecular weight excluding hydrogens is 298 g/mol. The number of nitrogens with zero attached hydrogens (tertiary/aromatic N) is 3. The lowest BCUT2D eigenvalue weighted by atomic mass is 10.1. The van der Waals surface area contributed by atoms with Crippen LogP contribution < -0.4 is 0 Å². The maximum absolute atomic E-state index is 12.4. The fourth-order valence-corrected chi connectivity index (χ4v) is 2.47. The van der Waals surface area contributed by atoms with E-state index in [1.165, 1.54) is 6.08 Å². The van der Waals surface area contributed by atoms with Gasteiger partial charge in [-0.05, 0) is 30.7 Å².